The molecule has 0 spiro atoms. The monoisotopic (exact) mass is 210 g/mol. The van der Waals surface area contributed by atoms with E-state index in [9.17, 15) is 0 Å². The lowest BCUT2D eigenvalue weighted by molar-refractivity contribution is -0.0409. The van der Waals surface area contributed by atoms with Crippen molar-refractivity contribution in [1.82, 2.24) is 0 Å². The quantitative estimate of drug-likeness (QED) is 0.547. The van der Waals surface area contributed by atoms with E-state index in [2.05, 4.69) is 30.8 Å². The standard InChI is InChI=1S/C11H18O2Si/c1-10(12-2)13-14(3)9-11-7-5-4-6-8-11/h4-8,10,14H,9H2,1-3H3. The molecular formula is C11H18O2Si. The summed E-state index contributed by atoms with van der Waals surface area (Å²) in [6.07, 6.45) is -0.0691. The third-order valence-electron chi connectivity index (χ3n) is 2.12. The van der Waals surface area contributed by atoms with Gasteiger partial charge in [0.2, 0.25) is 0 Å². The van der Waals surface area contributed by atoms with Crippen molar-refractivity contribution < 1.29 is 9.16 Å². The second-order valence-electron chi connectivity index (χ2n) is 3.44. The summed E-state index contributed by atoms with van der Waals surface area (Å²) in [7, 11) is 0.546. The fourth-order valence-corrected chi connectivity index (χ4v) is 3.17. The lowest BCUT2D eigenvalue weighted by Gasteiger charge is -2.16. The molecule has 0 heterocycles. The molecule has 0 fully saturated rings. The summed E-state index contributed by atoms with van der Waals surface area (Å²) in [5, 5.41) is 0. The molecule has 0 N–H and O–H groups in total. The van der Waals surface area contributed by atoms with E-state index in [-0.39, 0.29) is 6.29 Å². The molecule has 0 aromatic heterocycles. The molecule has 78 valence electrons. The molecule has 0 saturated heterocycles. The lowest BCUT2D eigenvalue weighted by Crippen LogP contribution is -2.24. The van der Waals surface area contributed by atoms with Crippen LogP contribution < -0.4 is 0 Å². The van der Waals surface area contributed by atoms with E-state index in [4.69, 9.17) is 9.16 Å². The second-order valence-corrected chi connectivity index (χ2v) is 5.74. The van der Waals surface area contributed by atoms with Gasteiger partial charge in [0, 0.05) is 7.11 Å². The highest BCUT2D eigenvalue weighted by molar-refractivity contribution is 6.49. The molecule has 0 bridgehead atoms. The van der Waals surface area contributed by atoms with E-state index in [1.54, 1.807) is 7.11 Å². The minimum absolute atomic E-state index is 0.0691. The number of hydrogen-bond donors (Lipinski definition) is 0. The first-order valence-electron chi connectivity index (χ1n) is 4.94. The Morgan fingerprint density at radius 2 is 1.93 bits per heavy atom. The van der Waals surface area contributed by atoms with Crippen molar-refractivity contribution in [2.75, 3.05) is 7.11 Å². The van der Waals surface area contributed by atoms with Gasteiger partial charge in [-0.1, -0.05) is 30.3 Å². The predicted molar refractivity (Wildman–Crippen MR) is 60.7 cm³/mol. The molecule has 0 aliphatic rings. The third-order valence-corrected chi connectivity index (χ3v) is 4.02. The highest BCUT2D eigenvalue weighted by Crippen LogP contribution is 2.05. The van der Waals surface area contributed by atoms with E-state index in [0.29, 0.717) is 0 Å². The third kappa shape index (κ3) is 4.04. The smallest absolute Gasteiger partial charge is 0.181 e. The maximum atomic E-state index is 5.72. The SMILES string of the molecule is COC(C)O[SiH](C)Cc1ccccc1. The Kier molecular flexibility index (Phi) is 4.86. The summed E-state index contributed by atoms with van der Waals surface area (Å²) in [5.74, 6) is 0. The molecule has 3 heteroatoms. The van der Waals surface area contributed by atoms with E-state index in [0.717, 1.165) is 6.04 Å². The minimum Gasteiger partial charge on any atom is -0.396 e. The maximum Gasteiger partial charge on any atom is 0.181 e. The van der Waals surface area contributed by atoms with Crippen LogP contribution in [0.15, 0.2) is 30.3 Å². The number of methoxy groups -OCH3 is 1. The molecule has 2 nitrogen and oxygen atoms in total. The van der Waals surface area contributed by atoms with Gasteiger partial charge in [0.05, 0.1) is 0 Å². The largest absolute Gasteiger partial charge is 0.396 e. The molecule has 1 aromatic rings. The molecular weight excluding hydrogens is 192 g/mol. The molecule has 14 heavy (non-hydrogen) atoms. The van der Waals surface area contributed by atoms with Crippen molar-refractivity contribution >= 4 is 9.04 Å². The highest BCUT2D eigenvalue weighted by atomic mass is 28.3. The number of hydrogen-bond acceptors (Lipinski definition) is 2. The van der Waals surface area contributed by atoms with Gasteiger partial charge < -0.3 is 9.16 Å². The molecule has 1 aromatic carbocycles. The van der Waals surface area contributed by atoms with Crippen LogP contribution in [0.4, 0.5) is 0 Å². The van der Waals surface area contributed by atoms with Gasteiger partial charge in [-0.2, -0.15) is 0 Å². The average molecular weight is 210 g/mol. The van der Waals surface area contributed by atoms with Gasteiger partial charge in [-0.25, -0.2) is 0 Å². The normalized spacial score (nSPS) is 15.1. The highest BCUT2D eigenvalue weighted by Gasteiger charge is 2.09. The van der Waals surface area contributed by atoms with Gasteiger partial charge in [-0.15, -0.1) is 0 Å². The van der Waals surface area contributed by atoms with Gasteiger partial charge in [-0.05, 0) is 25.1 Å². The zero-order chi connectivity index (χ0) is 10.4. The Bertz CT molecular complexity index is 251. The molecule has 0 aliphatic heterocycles. The molecule has 0 saturated carbocycles. The van der Waals surface area contributed by atoms with Crippen LogP contribution in [0.25, 0.3) is 0 Å². The van der Waals surface area contributed by atoms with Gasteiger partial charge in [0.15, 0.2) is 9.04 Å². The van der Waals surface area contributed by atoms with Crippen molar-refractivity contribution in [2.24, 2.45) is 0 Å². The summed E-state index contributed by atoms with van der Waals surface area (Å²) >= 11 is 0. The second kappa shape index (κ2) is 5.96. The van der Waals surface area contributed by atoms with E-state index >= 15 is 0 Å². The van der Waals surface area contributed by atoms with Crippen molar-refractivity contribution in [3.8, 4) is 0 Å². The lowest BCUT2D eigenvalue weighted by atomic mass is 10.2. The Morgan fingerprint density at radius 3 is 2.50 bits per heavy atom. The van der Waals surface area contributed by atoms with Crippen molar-refractivity contribution in [3.63, 3.8) is 0 Å². The molecule has 0 aliphatic carbocycles. The van der Waals surface area contributed by atoms with Crippen LogP contribution in [0.2, 0.25) is 6.55 Å². The number of rotatable bonds is 5. The van der Waals surface area contributed by atoms with Gasteiger partial charge in [-0.3, -0.25) is 0 Å². The first kappa shape index (κ1) is 11.4. The summed E-state index contributed by atoms with van der Waals surface area (Å²) in [4.78, 5) is 0. The Hall–Kier alpha value is -0.643. The average Bonchev–Trinajstić information content (AvgIpc) is 2.19. The van der Waals surface area contributed by atoms with Gasteiger partial charge in [0.25, 0.3) is 0 Å². The maximum absolute atomic E-state index is 5.72. The van der Waals surface area contributed by atoms with Crippen LogP contribution in [0.1, 0.15) is 12.5 Å². The van der Waals surface area contributed by atoms with Crippen LogP contribution in [-0.2, 0) is 15.2 Å². The van der Waals surface area contributed by atoms with Gasteiger partial charge in [0.1, 0.15) is 6.29 Å². The van der Waals surface area contributed by atoms with Crippen LogP contribution in [0.3, 0.4) is 0 Å². The Balaban J connectivity index is 2.37. The van der Waals surface area contributed by atoms with E-state index in [1.807, 2.05) is 13.0 Å². The molecule has 2 atom stereocenters. The fraction of sp³-hybridized carbons (Fsp3) is 0.455. The van der Waals surface area contributed by atoms with Crippen molar-refractivity contribution in [3.05, 3.63) is 35.9 Å². The topological polar surface area (TPSA) is 18.5 Å². The van der Waals surface area contributed by atoms with Crippen LogP contribution >= 0.6 is 0 Å². The molecule has 1 rings (SSSR count). The fourth-order valence-electron chi connectivity index (χ4n) is 1.38. The summed E-state index contributed by atoms with van der Waals surface area (Å²) in [5.41, 5.74) is 1.36. The molecule has 2 unspecified atom stereocenters. The summed E-state index contributed by atoms with van der Waals surface area (Å²) in [6.45, 7) is 4.14. The Morgan fingerprint density at radius 1 is 1.29 bits per heavy atom. The zero-order valence-corrected chi connectivity index (χ0v) is 10.2. The van der Waals surface area contributed by atoms with Crippen LogP contribution in [0, 0.1) is 0 Å². The first-order valence-corrected chi connectivity index (χ1v) is 7.39. The summed E-state index contributed by atoms with van der Waals surface area (Å²) in [6, 6.07) is 11.5. The minimum atomic E-state index is -1.13. The molecule has 0 amide bonds. The van der Waals surface area contributed by atoms with Crippen molar-refractivity contribution in [1.29, 1.82) is 0 Å². The Labute approximate surface area is 87.6 Å². The first-order chi connectivity index (χ1) is 6.72. The molecule has 0 radical (unpaired) electrons. The number of benzene rings is 1. The summed E-state index contributed by atoms with van der Waals surface area (Å²) < 4.78 is 10.8. The van der Waals surface area contributed by atoms with Crippen LogP contribution in [0.5, 0.6) is 0 Å². The van der Waals surface area contributed by atoms with Crippen LogP contribution in [-0.4, -0.2) is 22.4 Å². The van der Waals surface area contributed by atoms with Crippen molar-refractivity contribution in [2.45, 2.75) is 25.8 Å². The zero-order valence-electron chi connectivity index (χ0n) is 9.07. The predicted octanol–water partition coefficient (Wildman–Crippen LogP) is 2.13. The van der Waals surface area contributed by atoms with E-state index in [1.165, 1.54) is 5.56 Å². The number of ether oxygens (including phenoxy) is 1. The van der Waals surface area contributed by atoms with E-state index < -0.39 is 9.04 Å². The van der Waals surface area contributed by atoms with Gasteiger partial charge >= 0.3 is 0 Å².